The van der Waals surface area contributed by atoms with Crippen LogP contribution in [0.5, 0.6) is 0 Å². The summed E-state index contributed by atoms with van der Waals surface area (Å²) in [5, 5.41) is 3.90. The molecule has 1 fully saturated rings. The van der Waals surface area contributed by atoms with E-state index in [1.54, 1.807) is 0 Å². The first-order chi connectivity index (χ1) is 8.65. The lowest BCUT2D eigenvalue weighted by Crippen LogP contribution is -2.46. The molecule has 0 unspecified atom stereocenters. The van der Waals surface area contributed by atoms with E-state index < -0.39 is 0 Å². The highest BCUT2D eigenvalue weighted by atomic mass is 15.1. The van der Waals surface area contributed by atoms with Crippen LogP contribution >= 0.6 is 0 Å². The van der Waals surface area contributed by atoms with Gasteiger partial charge in [0.1, 0.15) is 0 Å². The van der Waals surface area contributed by atoms with Crippen molar-refractivity contribution in [2.24, 2.45) is 5.92 Å². The van der Waals surface area contributed by atoms with Gasteiger partial charge in [0.2, 0.25) is 0 Å². The Bertz CT molecular complexity index is 189. The van der Waals surface area contributed by atoms with E-state index in [4.69, 9.17) is 0 Å². The van der Waals surface area contributed by atoms with Crippen molar-refractivity contribution in [2.45, 2.75) is 78.3 Å². The molecule has 1 aliphatic rings. The highest BCUT2D eigenvalue weighted by molar-refractivity contribution is 4.80. The predicted molar refractivity (Wildman–Crippen MR) is 81.0 cm³/mol. The van der Waals surface area contributed by atoms with Crippen molar-refractivity contribution in [3.63, 3.8) is 0 Å². The van der Waals surface area contributed by atoms with Crippen LogP contribution < -0.4 is 5.32 Å². The minimum absolute atomic E-state index is 0.765. The summed E-state index contributed by atoms with van der Waals surface area (Å²) in [4.78, 5) is 2.64. The lowest BCUT2D eigenvalue weighted by Gasteiger charge is -2.35. The highest BCUT2D eigenvalue weighted by Crippen LogP contribution is 2.15. The van der Waals surface area contributed by atoms with Crippen molar-refractivity contribution in [2.75, 3.05) is 19.6 Å². The SMILES string of the molecule is CCCC(CCC)NC1CCN(CC(C)C)CC1. The molecule has 0 amide bonds. The molecule has 1 rings (SSSR count). The molecule has 1 aliphatic heterocycles. The fourth-order valence-electron chi connectivity index (χ4n) is 3.14. The molecule has 0 radical (unpaired) electrons. The summed E-state index contributed by atoms with van der Waals surface area (Å²) in [5.41, 5.74) is 0. The van der Waals surface area contributed by atoms with Crippen molar-refractivity contribution >= 4 is 0 Å². The van der Waals surface area contributed by atoms with Crippen molar-refractivity contribution < 1.29 is 0 Å². The van der Waals surface area contributed by atoms with Crippen LogP contribution in [0.25, 0.3) is 0 Å². The van der Waals surface area contributed by atoms with Gasteiger partial charge in [-0.25, -0.2) is 0 Å². The first-order valence-electron chi connectivity index (χ1n) is 8.14. The standard InChI is InChI=1S/C16H34N2/c1-5-7-15(8-6-2)17-16-9-11-18(12-10-16)13-14(3)4/h14-17H,5-13H2,1-4H3. The monoisotopic (exact) mass is 254 g/mol. The zero-order valence-corrected chi connectivity index (χ0v) is 13.0. The van der Waals surface area contributed by atoms with Crippen LogP contribution in [0.15, 0.2) is 0 Å². The number of likely N-dealkylation sites (tertiary alicyclic amines) is 1. The molecule has 0 aromatic carbocycles. The fourth-order valence-corrected chi connectivity index (χ4v) is 3.14. The molecule has 0 atom stereocenters. The summed E-state index contributed by atoms with van der Waals surface area (Å²) in [5.74, 6) is 0.808. The Hall–Kier alpha value is -0.0800. The third-order valence-electron chi connectivity index (χ3n) is 3.96. The van der Waals surface area contributed by atoms with E-state index >= 15 is 0 Å². The number of hydrogen-bond acceptors (Lipinski definition) is 2. The highest BCUT2D eigenvalue weighted by Gasteiger charge is 2.21. The lowest BCUT2D eigenvalue weighted by atomic mass is 10.00. The van der Waals surface area contributed by atoms with Gasteiger partial charge in [-0.05, 0) is 44.7 Å². The number of rotatable bonds is 8. The van der Waals surface area contributed by atoms with Crippen LogP contribution in [0.1, 0.15) is 66.2 Å². The van der Waals surface area contributed by atoms with Crippen LogP contribution in [-0.2, 0) is 0 Å². The Labute approximate surface area is 115 Å². The van der Waals surface area contributed by atoms with Gasteiger partial charge in [-0.1, -0.05) is 40.5 Å². The summed E-state index contributed by atoms with van der Waals surface area (Å²) < 4.78 is 0. The number of hydrogen-bond donors (Lipinski definition) is 1. The van der Waals surface area contributed by atoms with Crippen LogP contribution in [0, 0.1) is 5.92 Å². The summed E-state index contributed by atoms with van der Waals surface area (Å²) in [6.07, 6.45) is 8.00. The maximum Gasteiger partial charge on any atom is 0.00940 e. The zero-order valence-electron chi connectivity index (χ0n) is 13.0. The quantitative estimate of drug-likeness (QED) is 0.711. The molecule has 0 bridgehead atoms. The van der Waals surface area contributed by atoms with E-state index in [2.05, 4.69) is 37.9 Å². The van der Waals surface area contributed by atoms with E-state index in [0.29, 0.717) is 0 Å². The van der Waals surface area contributed by atoms with Gasteiger partial charge in [-0.15, -0.1) is 0 Å². The fraction of sp³-hybridized carbons (Fsp3) is 1.00. The van der Waals surface area contributed by atoms with Crippen molar-refractivity contribution in [3.05, 3.63) is 0 Å². The molecule has 0 saturated carbocycles. The van der Waals surface area contributed by atoms with E-state index in [-0.39, 0.29) is 0 Å². The van der Waals surface area contributed by atoms with Gasteiger partial charge in [0.05, 0.1) is 0 Å². The van der Waals surface area contributed by atoms with Gasteiger partial charge < -0.3 is 10.2 Å². The number of piperidine rings is 1. The first kappa shape index (κ1) is 16.0. The van der Waals surface area contributed by atoms with Gasteiger partial charge in [-0.3, -0.25) is 0 Å². The molecule has 0 aromatic rings. The lowest BCUT2D eigenvalue weighted by molar-refractivity contribution is 0.172. The zero-order chi connectivity index (χ0) is 13.4. The largest absolute Gasteiger partial charge is 0.311 e. The van der Waals surface area contributed by atoms with E-state index in [1.807, 2.05) is 0 Å². The number of nitrogens with one attached hydrogen (secondary N) is 1. The molecule has 2 nitrogen and oxygen atoms in total. The van der Waals surface area contributed by atoms with Gasteiger partial charge in [0, 0.05) is 18.6 Å². The topological polar surface area (TPSA) is 15.3 Å². The minimum atomic E-state index is 0.765. The smallest absolute Gasteiger partial charge is 0.00940 e. The molecule has 0 aliphatic carbocycles. The Balaban J connectivity index is 2.24. The Morgan fingerprint density at radius 1 is 1.06 bits per heavy atom. The molecule has 1 heterocycles. The van der Waals surface area contributed by atoms with Crippen LogP contribution in [-0.4, -0.2) is 36.6 Å². The van der Waals surface area contributed by atoms with E-state index in [1.165, 1.54) is 58.2 Å². The summed E-state index contributed by atoms with van der Waals surface area (Å²) in [6, 6.07) is 1.54. The van der Waals surface area contributed by atoms with E-state index in [9.17, 15) is 0 Å². The van der Waals surface area contributed by atoms with Crippen LogP contribution in [0.2, 0.25) is 0 Å². The predicted octanol–water partition coefficient (Wildman–Crippen LogP) is 3.67. The van der Waals surface area contributed by atoms with Gasteiger partial charge in [0.25, 0.3) is 0 Å². The molecular weight excluding hydrogens is 220 g/mol. The molecule has 1 N–H and O–H groups in total. The van der Waals surface area contributed by atoms with Crippen LogP contribution in [0.4, 0.5) is 0 Å². The Kier molecular flexibility index (Phi) is 7.92. The van der Waals surface area contributed by atoms with E-state index in [0.717, 1.165) is 18.0 Å². The molecule has 1 saturated heterocycles. The third kappa shape index (κ3) is 6.19. The normalized spacial score (nSPS) is 19.0. The van der Waals surface area contributed by atoms with Gasteiger partial charge >= 0.3 is 0 Å². The molecule has 108 valence electrons. The number of nitrogens with zero attached hydrogens (tertiary/aromatic N) is 1. The first-order valence-corrected chi connectivity index (χ1v) is 8.14. The average molecular weight is 254 g/mol. The van der Waals surface area contributed by atoms with Crippen molar-refractivity contribution in [3.8, 4) is 0 Å². The molecule has 0 aromatic heterocycles. The second-order valence-electron chi connectivity index (χ2n) is 6.41. The second kappa shape index (κ2) is 8.92. The maximum atomic E-state index is 3.90. The van der Waals surface area contributed by atoms with Crippen molar-refractivity contribution in [1.82, 2.24) is 10.2 Å². The van der Waals surface area contributed by atoms with Crippen molar-refractivity contribution in [1.29, 1.82) is 0 Å². The average Bonchev–Trinajstić information content (AvgIpc) is 2.31. The summed E-state index contributed by atoms with van der Waals surface area (Å²) in [6.45, 7) is 13.1. The Morgan fingerprint density at radius 3 is 2.06 bits per heavy atom. The van der Waals surface area contributed by atoms with Gasteiger partial charge in [0.15, 0.2) is 0 Å². The molecule has 2 heteroatoms. The summed E-state index contributed by atoms with van der Waals surface area (Å²) in [7, 11) is 0. The maximum absolute atomic E-state index is 3.90. The van der Waals surface area contributed by atoms with Crippen LogP contribution in [0.3, 0.4) is 0 Å². The Morgan fingerprint density at radius 2 is 1.61 bits per heavy atom. The third-order valence-corrected chi connectivity index (χ3v) is 3.96. The molecular formula is C16H34N2. The molecule has 18 heavy (non-hydrogen) atoms. The molecule has 0 spiro atoms. The minimum Gasteiger partial charge on any atom is -0.311 e. The second-order valence-corrected chi connectivity index (χ2v) is 6.41. The summed E-state index contributed by atoms with van der Waals surface area (Å²) >= 11 is 0. The van der Waals surface area contributed by atoms with Gasteiger partial charge in [-0.2, -0.15) is 0 Å².